The predicted molar refractivity (Wildman–Crippen MR) is 94.7 cm³/mol. The molecule has 0 saturated carbocycles. The first-order valence-electron chi connectivity index (χ1n) is 8.89. The third kappa shape index (κ3) is 3.65. The average molecular weight is 375 g/mol. The maximum absolute atomic E-state index is 13.4. The topological polar surface area (TPSA) is 81.2 Å². The fourth-order valence-electron chi connectivity index (χ4n) is 3.51. The summed E-state index contributed by atoms with van der Waals surface area (Å²) in [6.45, 7) is 3.98. The number of fused-ring (bicyclic) bond motifs is 1. The van der Waals surface area contributed by atoms with Gasteiger partial charge in [0.25, 0.3) is 0 Å². The first kappa shape index (κ1) is 18.9. The van der Waals surface area contributed by atoms with Crippen molar-refractivity contribution < 1.29 is 23.9 Å². The largest absolute Gasteiger partial charge is 0.465 e. The number of rotatable bonds is 4. The molecule has 27 heavy (non-hydrogen) atoms. The molecule has 1 saturated heterocycles. The Labute approximate surface area is 156 Å². The molecule has 8 heteroatoms. The lowest BCUT2D eigenvalue weighted by Crippen LogP contribution is -2.61. The van der Waals surface area contributed by atoms with E-state index in [1.165, 1.54) is 28.1 Å². The van der Waals surface area contributed by atoms with Gasteiger partial charge in [-0.3, -0.25) is 19.4 Å². The Morgan fingerprint density at radius 2 is 2.07 bits per heavy atom. The van der Waals surface area contributed by atoms with Crippen LogP contribution in [0.5, 0.6) is 0 Å². The van der Waals surface area contributed by atoms with E-state index in [0.717, 1.165) is 10.5 Å². The second-order valence-electron chi connectivity index (χ2n) is 7.04. The summed E-state index contributed by atoms with van der Waals surface area (Å²) >= 11 is 0. The first-order chi connectivity index (χ1) is 12.8. The van der Waals surface area contributed by atoms with Crippen molar-refractivity contribution >= 4 is 17.9 Å². The summed E-state index contributed by atoms with van der Waals surface area (Å²) in [6.07, 6.45) is 0.717. The van der Waals surface area contributed by atoms with Crippen LogP contribution in [0.25, 0.3) is 0 Å². The van der Waals surface area contributed by atoms with Crippen LogP contribution >= 0.6 is 0 Å². The first-order valence-corrected chi connectivity index (χ1v) is 8.89. The van der Waals surface area contributed by atoms with Gasteiger partial charge in [0.2, 0.25) is 11.8 Å². The van der Waals surface area contributed by atoms with Crippen LogP contribution in [0, 0.1) is 11.7 Å². The van der Waals surface area contributed by atoms with E-state index < -0.39 is 12.1 Å². The molecule has 1 aromatic carbocycles. The molecule has 0 aliphatic carbocycles. The van der Waals surface area contributed by atoms with E-state index in [4.69, 9.17) is 0 Å². The van der Waals surface area contributed by atoms with Gasteiger partial charge < -0.3 is 10.0 Å². The number of carboxylic acid groups (broad SMARTS) is 1. The number of nitrogens with zero attached hydrogens (tertiary/aromatic N) is 3. The number of benzene rings is 1. The van der Waals surface area contributed by atoms with Crippen LogP contribution in [-0.4, -0.2) is 56.8 Å². The Kier molecular flexibility index (Phi) is 5.16. The molecule has 1 atom stereocenters. The van der Waals surface area contributed by atoms with Crippen molar-refractivity contribution in [1.29, 1.82) is 0 Å². The zero-order chi connectivity index (χ0) is 19.7. The molecule has 3 rings (SSSR count). The Balaban J connectivity index is 1.92. The summed E-state index contributed by atoms with van der Waals surface area (Å²) in [5.74, 6) is -0.842. The molecule has 2 aliphatic heterocycles. The Morgan fingerprint density at radius 1 is 1.33 bits per heavy atom. The number of halogens is 1. The van der Waals surface area contributed by atoms with Gasteiger partial charge in [-0.15, -0.1) is 0 Å². The molecule has 0 radical (unpaired) electrons. The predicted octanol–water partition coefficient (Wildman–Crippen LogP) is 2.25. The lowest BCUT2D eigenvalue weighted by Gasteiger charge is -2.46. The maximum atomic E-state index is 13.4. The van der Waals surface area contributed by atoms with Crippen LogP contribution in [0.15, 0.2) is 36.3 Å². The standard InChI is InChI=1S/C19H22FN3O4/c1-12(2)17-18(25)21(8-6-13-4-3-5-14(20)10-13)11-15-22(19(26)27)9-7-16(24)23(15)17/h3-5,10-12,17H,6-9H2,1-2H3,(H,26,27)/t17-/m0/s1. The van der Waals surface area contributed by atoms with E-state index in [9.17, 15) is 23.9 Å². The van der Waals surface area contributed by atoms with Gasteiger partial charge in [0.05, 0.1) is 0 Å². The highest BCUT2D eigenvalue weighted by atomic mass is 19.1. The minimum Gasteiger partial charge on any atom is -0.465 e. The molecule has 2 aliphatic rings. The van der Waals surface area contributed by atoms with E-state index in [0.29, 0.717) is 6.42 Å². The third-order valence-corrected chi connectivity index (χ3v) is 4.82. The van der Waals surface area contributed by atoms with Crippen LogP contribution < -0.4 is 0 Å². The Bertz CT molecular complexity index is 808. The SMILES string of the molecule is CC(C)[C@H]1C(=O)N(CCc2cccc(F)c2)C=C2N(C(=O)O)CCC(=O)N21. The van der Waals surface area contributed by atoms with Crippen molar-refractivity contribution in [2.24, 2.45) is 5.92 Å². The molecule has 7 nitrogen and oxygen atoms in total. The molecule has 0 spiro atoms. The van der Waals surface area contributed by atoms with Crippen molar-refractivity contribution in [2.75, 3.05) is 13.1 Å². The van der Waals surface area contributed by atoms with Gasteiger partial charge >= 0.3 is 6.09 Å². The summed E-state index contributed by atoms with van der Waals surface area (Å²) in [6, 6.07) is 5.37. The van der Waals surface area contributed by atoms with Gasteiger partial charge in [-0.25, -0.2) is 9.18 Å². The minimum absolute atomic E-state index is 0.0451. The molecule has 2 heterocycles. The summed E-state index contributed by atoms with van der Waals surface area (Å²) in [5.41, 5.74) is 0.736. The molecule has 0 unspecified atom stereocenters. The van der Waals surface area contributed by atoms with Crippen LogP contribution in [0.1, 0.15) is 25.8 Å². The molecular weight excluding hydrogens is 353 g/mol. The van der Waals surface area contributed by atoms with Gasteiger partial charge in [-0.1, -0.05) is 26.0 Å². The quantitative estimate of drug-likeness (QED) is 0.875. The molecule has 1 fully saturated rings. The van der Waals surface area contributed by atoms with E-state index in [2.05, 4.69) is 0 Å². The number of hydrogen-bond donors (Lipinski definition) is 1. The van der Waals surface area contributed by atoms with Crippen molar-refractivity contribution in [3.63, 3.8) is 0 Å². The van der Waals surface area contributed by atoms with Crippen LogP contribution in [0.3, 0.4) is 0 Å². The average Bonchev–Trinajstić information content (AvgIpc) is 2.60. The fraction of sp³-hybridized carbons (Fsp3) is 0.421. The lowest BCUT2D eigenvalue weighted by molar-refractivity contribution is -0.150. The van der Waals surface area contributed by atoms with E-state index >= 15 is 0 Å². The number of amides is 3. The Morgan fingerprint density at radius 3 is 2.70 bits per heavy atom. The highest BCUT2D eigenvalue weighted by molar-refractivity contribution is 5.92. The fourth-order valence-corrected chi connectivity index (χ4v) is 3.51. The van der Waals surface area contributed by atoms with Gasteiger partial charge in [0, 0.05) is 25.7 Å². The van der Waals surface area contributed by atoms with E-state index in [1.54, 1.807) is 12.1 Å². The molecule has 1 N–H and O–H groups in total. The maximum Gasteiger partial charge on any atom is 0.413 e. The zero-order valence-corrected chi connectivity index (χ0v) is 15.3. The van der Waals surface area contributed by atoms with E-state index in [1.807, 2.05) is 13.8 Å². The van der Waals surface area contributed by atoms with Crippen molar-refractivity contribution in [2.45, 2.75) is 32.7 Å². The van der Waals surface area contributed by atoms with Crippen molar-refractivity contribution in [3.05, 3.63) is 47.7 Å². The molecule has 144 valence electrons. The summed E-state index contributed by atoms with van der Waals surface area (Å²) in [7, 11) is 0. The molecule has 0 bridgehead atoms. The molecule has 3 amide bonds. The zero-order valence-electron chi connectivity index (χ0n) is 15.3. The highest BCUT2D eigenvalue weighted by Crippen LogP contribution is 2.31. The normalized spacial score (nSPS) is 20.1. The number of carbonyl (C=O) groups excluding carboxylic acids is 2. The van der Waals surface area contributed by atoms with Crippen LogP contribution in [0.2, 0.25) is 0 Å². The molecule has 1 aromatic rings. The second kappa shape index (κ2) is 7.38. The second-order valence-corrected chi connectivity index (χ2v) is 7.04. The highest BCUT2D eigenvalue weighted by Gasteiger charge is 2.45. The lowest BCUT2D eigenvalue weighted by atomic mass is 9.97. The third-order valence-electron chi connectivity index (χ3n) is 4.82. The summed E-state index contributed by atoms with van der Waals surface area (Å²) in [4.78, 5) is 40.9. The van der Waals surface area contributed by atoms with E-state index in [-0.39, 0.29) is 48.9 Å². The Hall–Kier alpha value is -2.90. The smallest absolute Gasteiger partial charge is 0.413 e. The monoisotopic (exact) mass is 375 g/mol. The van der Waals surface area contributed by atoms with Gasteiger partial charge in [0.1, 0.15) is 17.7 Å². The minimum atomic E-state index is -1.17. The van der Waals surface area contributed by atoms with Crippen LogP contribution in [0.4, 0.5) is 9.18 Å². The summed E-state index contributed by atoms with van der Waals surface area (Å²) in [5, 5.41) is 9.48. The molecular formula is C19H22FN3O4. The van der Waals surface area contributed by atoms with Gasteiger partial charge in [-0.05, 0) is 30.0 Å². The van der Waals surface area contributed by atoms with Crippen molar-refractivity contribution in [3.8, 4) is 0 Å². The molecule has 0 aromatic heterocycles. The van der Waals surface area contributed by atoms with Gasteiger partial charge in [-0.2, -0.15) is 0 Å². The number of hydrogen-bond acceptors (Lipinski definition) is 3. The summed E-state index contributed by atoms with van der Waals surface area (Å²) < 4.78 is 13.4. The van der Waals surface area contributed by atoms with Crippen LogP contribution in [-0.2, 0) is 16.0 Å². The van der Waals surface area contributed by atoms with Crippen molar-refractivity contribution in [1.82, 2.24) is 14.7 Å². The van der Waals surface area contributed by atoms with Gasteiger partial charge in [0.15, 0.2) is 0 Å². The number of carbonyl (C=O) groups is 3.